The van der Waals surface area contributed by atoms with Crippen LogP contribution in [0.1, 0.15) is 122 Å². The van der Waals surface area contributed by atoms with Crippen molar-refractivity contribution in [2.75, 3.05) is 13.7 Å². The predicted molar refractivity (Wildman–Crippen MR) is 186 cm³/mol. The number of nitrogens with one attached hydrogen (secondary N) is 1. The van der Waals surface area contributed by atoms with E-state index < -0.39 is 5.91 Å². The Bertz CT molecular complexity index is 1940. The van der Waals surface area contributed by atoms with Crippen LogP contribution in [-0.4, -0.2) is 45.8 Å². The number of methoxy groups -OCH3 is 1. The molecule has 0 radical (unpaired) electrons. The van der Waals surface area contributed by atoms with Crippen molar-refractivity contribution in [2.24, 2.45) is 5.92 Å². The van der Waals surface area contributed by atoms with Crippen LogP contribution in [0.5, 0.6) is 5.75 Å². The number of esters is 1. The molecule has 2 aromatic heterocycles. The van der Waals surface area contributed by atoms with Crippen molar-refractivity contribution in [2.45, 2.75) is 90.6 Å². The fraction of sp³-hybridized carbons (Fsp3) is 0.436. The molecule has 0 spiro atoms. The molecule has 9 nitrogen and oxygen atoms in total. The average Bonchev–Trinajstić information content (AvgIpc) is 3.58. The summed E-state index contributed by atoms with van der Waals surface area (Å²) in [5, 5.41) is 8.46. The maximum atomic E-state index is 13.4. The molecule has 2 fully saturated rings. The Hall–Kier alpha value is -4.66. The van der Waals surface area contributed by atoms with Crippen LogP contribution in [0.4, 0.5) is 0 Å². The summed E-state index contributed by atoms with van der Waals surface area (Å²) in [7, 11) is 1.68. The van der Waals surface area contributed by atoms with E-state index in [1.807, 2.05) is 29.8 Å². The summed E-state index contributed by atoms with van der Waals surface area (Å²) < 4.78 is 15.6. The smallest absolute Gasteiger partial charge is 0.341 e. The minimum Gasteiger partial charge on any atom is -0.497 e. The first-order valence-electron chi connectivity index (χ1n) is 17.4. The molecular weight excluding hydrogens is 604 g/mol. The number of allylic oxidation sites excluding steroid dienone is 1. The molecular formula is C39H44N4O5. The number of hydrogen-bond acceptors (Lipinski definition) is 6. The Labute approximate surface area is 281 Å². The van der Waals surface area contributed by atoms with E-state index in [4.69, 9.17) is 14.6 Å². The average molecular weight is 649 g/mol. The summed E-state index contributed by atoms with van der Waals surface area (Å²) in [6, 6.07) is 12.2. The second-order valence-corrected chi connectivity index (χ2v) is 13.7. The molecule has 7 rings (SSSR count). The third kappa shape index (κ3) is 5.63. The van der Waals surface area contributed by atoms with Gasteiger partial charge in [-0.2, -0.15) is 5.10 Å². The van der Waals surface area contributed by atoms with Crippen molar-refractivity contribution >= 4 is 40.3 Å². The largest absolute Gasteiger partial charge is 0.497 e. The molecule has 48 heavy (non-hydrogen) atoms. The van der Waals surface area contributed by atoms with Crippen molar-refractivity contribution in [1.29, 1.82) is 0 Å². The molecule has 2 saturated carbocycles. The third-order valence-corrected chi connectivity index (χ3v) is 10.3. The molecule has 3 aliphatic rings. The van der Waals surface area contributed by atoms with Crippen LogP contribution < -0.4 is 10.1 Å². The van der Waals surface area contributed by atoms with Crippen molar-refractivity contribution in [3.63, 3.8) is 0 Å². The minimum absolute atomic E-state index is 0.213. The Morgan fingerprint density at radius 1 is 0.979 bits per heavy atom. The molecule has 2 aliphatic carbocycles. The molecule has 4 aromatic rings. The number of ether oxygens (including phenoxy) is 2. The first-order chi connectivity index (χ1) is 23.3. The highest BCUT2D eigenvalue weighted by Crippen LogP contribution is 2.48. The van der Waals surface area contributed by atoms with Crippen LogP contribution in [-0.2, 0) is 16.1 Å². The van der Waals surface area contributed by atoms with Gasteiger partial charge in [0.15, 0.2) is 0 Å². The van der Waals surface area contributed by atoms with E-state index >= 15 is 0 Å². The Morgan fingerprint density at radius 3 is 2.46 bits per heavy atom. The topological polar surface area (TPSA) is 104 Å². The summed E-state index contributed by atoms with van der Waals surface area (Å²) in [6.45, 7) is 6.08. The first kappa shape index (κ1) is 31.9. The molecule has 1 aliphatic heterocycles. The molecule has 0 atom stereocenters. The number of fused-ring (bicyclic) bond motifs is 5. The van der Waals surface area contributed by atoms with Gasteiger partial charge in [0.25, 0.3) is 5.91 Å². The van der Waals surface area contributed by atoms with Crippen LogP contribution in [0.25, 0.3) is 33.8 Å². The van der Waals surface area contributed by atoms with E-state index in [-0.39, 0.29) is 30.4 Å². The summed E-state index contributed by atoms with van der Waals surface area (Å²) >= 11 is 0. The molecule has 2 aromatic carbocycles. The van der Waals surface area contributed by atoms with Gasteiger partial charge in [-0.05, 0) is 98.1 Å². The van der Waals surface area contributed by atoms with Crippen LogP contribution >= 0.6 is 0 Å². The lowest BCUT2D eigenvalue weighted by Gasteiger charge is -2.28. The number of amides is 2. The van der Waals surface area contributed by atoms with E-state index in [0.717, 1.165) is 76.8 Å². The van der Waals surface area contributed by atoms with Gasteiger partial charge in [-0.15, -0.1) is 0 Å². The lowest BCUT2D eigenvalue weighted by molar-refractivity contribution is -0.123. The van der Waals surface area contributed by atoms with E-state index in [9.17, 15) is 14.4 Å². The zero-order valence-corrected chi connectivity index (χ0v) is 28.3. The summed E-state index contributed by atoms with van der Waals surface area (Å²) in [5.74, 6) is -0.293. The Balaban J connectivity index is 1.48. The summed E-state index contributed by atoms with van der Waals surface area (Å²) in [5.41, 5.74) is 8.04. The van der Waals surface area contributed by atoms with Gasteiger partial charge < -0.3 is 14.0 Å². The van der Waals surface area contributed by atoms with Crippen LogP contribution in [0.2, 0.25) is 0 Å². The van der Waals surface area contributed by atoms with Crippen LogP contribution in [0.15, 0.2) is 42.6 Å². The highest BCUT2D eigenvalue weighted by molar-refractivity contribution is 6.08. The zero-order valence-electron chi connectivity index (χ0n) is 28.3. The monoisotopic (exact) mass is 648 g/mol. The number of rotatable bonds is 8. The highest BCUT2D eigenvalue weighted by atomic mass is 16.5. The van der Waals surface area contributed by atoms with E-state index in [1.54, 1.807) is 27.2 Å². The van der Waals surface area contributed by atoms with E-state index in [1.165, 1.54) is 24.8 Å². The second-order valence-electron chi connectivity index (χ2n) is 13.7. The molecule has 0 unspecified atom stereocenters. The fourth-order valence-electron chi connectivity index (χ4n) is 7.60. The molecule has 1 N–H and O–H groups in total. The third-order valence-electron chi connectivity index (χ3n) is 10.3. The predicted octanol–water partition coefficient (Wildman–Crippen LogP) is 7.93. The van der Waals surface area contributed by atoms with E-state index in [0.29, 0.717) is 23.6 Å². The maximum absolute atomic E-state index is 13.4. The normalized spacial score (nSPS) is 16.5. The molecule has 9 heteroatoms. The maximum Gasteiger partial charge on any atom is 0.341 e. The number of aromatic nitrogens is 3. The standard InChI is InChI=1S/C39H44N4O5/c1-5-48-39(46)32-21-40-43(28-12-9-13-28)35(32)27-18-26-19-29(47-4)15-17-30(26)36-34(24-10-7-6-8-11-24)31-16-14-25(20-33(31)42(36)22-27)38(45)41-37(44)23(2)3/h14-21,23-24,28H,5-13,22H2,1-4H3,(H,41,44,45). The molecule has 2 amide bonds. The summed E-state index contributed by atoms with van der Waals surface area (Å²) in [6.07, 6.45) is 12.8. The van der Waals surface area contributed by atoms with Gasteiger partial charge in [0.05, 0.1) is 43.9 Å². The van der Waals surface area contributed by atoms with Gasteiger partial charge in [-0.3, -0.25) is 19.6 Å². The lowest BCUT2D eigenvalue weighted by atomic mass is 9.81. The number of hydrogen-bond donors (Lipinski definition) is 1. The van der Waals surface area contributed by atoms with Gasteiger partial charge >= 0.3 is 5.97 Å². The van der Waals surface area contributed by atoms with Crippen molar-refractivity contribution in [3.8, 4) is 17.0 Å². The van der Waals surface area contributed by atoms with Gasteiger partial charge in [0.1, 0.15) is 11.3 Å². The number of carbonyl (C=O) groups is 3. The number of benzene rings is 2. The molecule has 0 saturated heterocycles. The Kier molecular flexibility index (Phi) is 8.71. The van der Waals surface area contributed by atoms with Crippen molar-refractivity contribution in [3.05, 3.63) is 70.5 Å². The summed E-state index contributed by atoms with van der Waals surface area (Å²) in [4.78, 5) is 39.3. The zero-order chi connectivity index (χ0) is 33.5. The molecule has 250 valence electrons. The number of imide groups is 1. The Morgan fingerprint density at radius 2 is 1.77 bits per heavy atom. The lowest BCUT2D eigenvalue weighted by Crippen LogP contribution is -2.33. The first-order valence-corrected chi connectivity index (χ1v) is 17.4. The van der Waals surface area contributed by atoms with Crippen LogP contribution in [0, 0.1) is 5.92 Å². The highest BCUT2D eigenvalue weighted by Gasteiger charge is 2.33. The van der Waals surface area contributed by atoms with E-state index in [2.05, 4.69) is 34.2 Å². The van der Waals surface area contributed by atoms with Crippen molar-refractivity contribution in [1.82, 2.24) is 19.7 Å². The molecule has 3 heterocycles. The minimum atomic E-state index is -0.410. The van der Waals surface area contributed by atoms with Crippen molar-refractivity contribution < 1.29 is 23.9 Å². The molecule has 0 bridgehead atoms. The van der Waals surface area contributed by atoms with Gasteiger partial charge in [-0.25, -0.2) is 4.79 Å². The number of nitrogens with zero attached hydrogens (tertiary/aromatic N) is 3. The SMILES string of the molecule is CCOC(=O)c1cnn(C2CCC2)c1C1=Cc2cc(OC)ccc2-c2c(C3CCCCC3)c3ccc(C(=O)NC(=O)C(C)C)cc3n2C1. The van der Waals surface area contributed by atoms with Gasteiger partial charge in [-0.1, -0.05) is 39.2 Å². The fourth-order valence-corrected chi connectivity index (χ4v) is 7.60. The van der Waals surface area contributed by atoms with Crippen LogP contribution in [0.3, 0.4) is 0 Å². The second kappa shape index (κ2) is 13.1. The number of carbonyl (C=O) groups excluding carboxylic acids is 3. The quantitative estimate of drug-likeness (QED) is 0.195. The van der Waals surface area contributed by atoms with Gasteiger partial charge in [0.2, 0.25) is 5.91 Å². The van der Waals surface area contributed by atoms with Gasteiger partial charge in [0, 0.05) is 27.9 Å².